The van der Waals surface area contributed by atoms with Crippen LogP contribution in [0.4, 0.5) is 4.79 Å². The Morgan fingerprint density at radius 2 is 1.60 bits per heavy atom. The number of fused-ring (bicyclic) bond motifs is 1. The first-order valence-electron chi connectivity index (χ1n) is 13.3. The van der Waals surface area contributed by atoms with Crippen LogP contribution in [0.1, 0.15) is 19.4 Å². The van der Waals surface area contributed by atoms with E-state index < -0.39 is 10.0 Å². The second-order valence-corrected chi connectivity index (χ2v) is 11.2. The van der Waals surface area contributed by atoms with Crippen LogP contribution in [-0.4, -0.2) is 72.6 Å². The number of rotatable bonds is 9. The number of para-hydroxylation sites is 2. The topological polar surface area (TPSA) is 106 Å². The number of benzene rings is 3. The highest BCUT2D eigenvalue weighted by molar-refractivity contribution is 7.89. The average Bonchev–Trinajstić information content (AvgIpc) is 3.41. The molecule has 0 saturated carbocycles. The number of amides is 2. The minimum absolute atomic E-state index is 0.143. The monoisotopic (exact) mass is 563 g/mol. The van der Waals surface area contributed by atoms with E-state index in [9.17, 15) is 13.2 Å². The molecule has 2 heterocycles. The predicted molar refractivity (Wildman–Crippen MR) is 152 cm³/mol. The minimum atomic E-state index is -3.74. The van der Waals surface area contributed by atoms with Gasteiger partial charge in [0, 0.05) is 44.5 Å². The van der Waals surface area contributed by atoms with Gasteiger partial charge in [0.15, 0.2) is 11.5 Å². The van der Waals surface area contributed by atoms with Crippen molar-refractivity contribution in [3.63, 3.8) is 0 Å². The van der Waals surface area contributed by atoms with Gasteiger partial charge in [0.1, 0.15) is 6.33 Å². The van der Waals surface area contributed by atoms with E-state index in [2.05, 4.69) is 10.3 Å². The van der Waals surface area contributed by atoms with Gasteiger partial charge in [0.05, 0.1) is 29.1 Å². The molecule has 1 fully saturated rings. The normalized spacial score (nSPS) is 14.3. The lowest BCUT2D eigenvalue weighted by molar-refractivity contribution is 0.172. The third-order valence-electron chi connectivity index (χ3n) is 6.79. The zero-order valence-electron chi connectivity index (χ0n) is 22.6. The number of aromatic nitrogens is 2. The number of urea groups is 1. The number of ether oxygens (including phenoxy) is 2. The molecule has 40 heavy (non-hydrogen) atoms. The molecule has 5 rings (SSSR count). The summed E-state index contributed by atoms with van der Waals surface area (Å²) in [5.41, 5.74) is 3.91. The Hall–Kier alpha value is -4.09. The summed E-state index contributed by atoms with van der Waals surface area (Å²) in [5.74, 6) is 0.907. The molecule has 10 nitrogen and oxygen atoms in total. The lowest BCUT2D eigenvalue weighted by Crippen LogP contribution is -2.52. The molecule has 1 N–H and O–H groups in total. The highest BCUT2D eigenvalue weighted by atomic mass is 32.2. The van der Waals surface area contributed by atoms with Crippen molar-refractivity contribution in [2.24, 2.45) is 0 Å². The third-order valence-corrected chi connectivity index (χ3v) is 8.68. The van der Waals surface area contributed by atoms with Crippen LogP contribution < -0.4 is 14.8 Å². The first kappa shape index (κ1) is 27.5. The standard InChI is InChI=1S/C29H33N5O5S/c1-3-38-27-14-13-24(19-28(27)39-4-2)40(36,37)33-17-15-32(16-18-33)29(35)30-20-22-9-11-23(12-10-22)34-21-31-25-7-5-6-8-26(25)34/h5-14,19,21H,3-4,15-18,20H2,1-2H3,(H,30,35). The summed E-state index contributed by atoms with van der Waals surface area (Å²) >= 11 is 0. The van der Waals surface area contributed by atoms with Crippen molar-refractivity contribution < 1.29 is 22.7 Å². The molecule has 2 amide bonds. The first-order chi connectivity index (χ1) is 19.4. The van der Waals surface area contributed by atoms with Crippen LogP contribution in [0, 0.1) is 0 Å². The number of imidazole rings is 1. The Bertz CT molecular complexity index is 1580. The molecule has 11 heteroatoms. The van der Waals surface area contributed by atoms with Gasteiger partial charge in [-0.15, -0.1) is 0 Å². The molecule has 1 aliphatic rings. The molecule has 1 aromatic heterocycles. The number of carbonyl (C=O) groups is 1. The fourth-order valence-electron chi connectivity index (χ4n) is 4.70. The smallest absolute Gasteiger partial charge is 0.317 e. The van der Waals surface area contributed by atoms with Crippen molar-refractivity contribution >= 4 is 27.1 Å². The maximum atomic E-state index is 13.3. The summed E-state index contributed by atoms with van der Waals surface area (Å²) in [4.78, 5) is 19.0. The molecular formula is C29H33N5O5S. The van der Waals surface area contributed by atoms with Crippen LogP contribution >= 0.6 is 0 Å². The van der Waals surface area contributed by atoms with Crippen LogP contribution in [0.2, 0.25) is 0 Å². The summed E-state index contributed by atoms with van der Waals surface area (Å²) in [6.07, 6.45) is 1.80. The predicted octanol–water partition coefficient (Wildman–Crippen LogP) is 4.04. The summed E-state index contributed by atoms with van der Waals surface area (Å²) in [6.45, 7) is 5.92. The van der Waals surface area contributed by atoms with Gasteiger partial charge in [0.2, 0.25) is 10.0 Å². The summed E-state index contributed by atoms with van der Waals surface area (Å²) in [5, 5.41) is 2.95. The summed E-state index contributed by atoms with van der Waals surface area (Å²) < 4.78 is 41.1. The van der Waals surface area contributed by atoms with E-state index in [1.807, 2.05) is 66.9 Å². The largest absolute Gasteiger partial charge is 0.490 e. The second kappa shape index (κ2) is 12.0. The Morgan fingerprint density at radius 1 is 0.900 bits per heavy atom. The lowest BCUT2D eigenvalue weighted by atomic mass is 10.2. The van der Waals surface area contributed by atoms with Crippen molar-refractivity contribution in [2.45, 2.75) is 25.3 Å². The minimum Gasteiger partial charge on any atom is -0.490 e. The van der Waals surface area contributed by atoms with Crippen molar-refractivity contribution in [2.75, 3.05) is 39.4 Å². The molecule has 4 aromatic rings. The Balaban J connectivity index is 1.16. The Kier molecular flexibility index (Phi) is 8.22. The van der Waals surface area contributed by atoms with Gasteiger partial charge in [-0.2, -0.15) is 4.31 Å². The van der Waals surface area contributed by atoms with Crippen molar-refractivity contribution in [1.29, 1.82) is 0 Å². The molecule has 210 valence electrons. The summed E-state index contributed by atoms with van der Waals surface area (Å²) in [6, 6.07) is 20.3. The van der Waals surface area contributed by atoms with E-state index >= 15 is 0 Å². The van der Waals surface area contributed by atoms with E-state index in [0.717, 1.165) is 22.3 Å². The van der Waals surface area contributed by atoms with Crippen molar-refractivity contribution in [3.05, 3.63) is 78.6 Å². The molecular weight excluding hydrogens is 530 g/mol. The molecule has 0 radical (unpaired) electrons. The van der Waals surface area contributed by atoms with E-state index in [1.165, 1.54) is 16.4 Å². The molecule has 0 bridgehead atoms. The molecule has 0 spiro atoms. The van der Waals surface area contributed by atoms with Crippen LogP contribution in [0.5, 0.6) is 11.5 Å². The number of nitrogens with one attached hydrogen (secondary N) is 1. The Labute approximate surface area is 234 Å². The van der Waals surface area contributed by atoms with Crippen LogP contribution in [-0.2, 0) is 16.6 Å². The number of piperazine rings is 1. The van der Waals surface area contributed by atoms with Crippen molar-refractivity contribution in [3.8, 4) is 17.2 Å². The second-order valence-electron chi connectivity index (χ2n) is 9.29. The average molecular weight is 564 g/mol. The van der Waals surface area contributed by atoms with E-state index in [0.29, 0.717) is 44.3 Å². The van der Waals surface area contributed by atoms with Crippen molar-refractivity contribution in [1.82, 2.24) is 24.1 Å². The fraction of sp³-hybridized carbons (Fsp3) is 0.310. The molecule has 1 saturated heterocycles. The van der Waals surface area contributed by atoms with Gasteiger partial charge >= 0.3 is 6.03 Å². The quantitative estimate of drug-likeness (QED) is 0.330. The van der Waals surface area contributed by atoms with Crippen LogP contribution in [0.15, 0.2) is 78.0 Å². The molecule has 0 aliphatic carbocycles. The highest BCUT2D eigenvalue weighted by Gasteiger charge is 2.31. The summed E-state index contributed by atoms with van der Waals surface area (Å²) in [7, 11) is -3.74. The first-order valence-corrected chi connectivity index (χ1v) is 14.8. The SMILES string of the molecule is CCOc1ccc(S(=O)(=O)N2CCN(C(=O)NCc3ccc(-n4cnc5ccccc54)cc3)CC2)cc1OCC. The van der Waals surface area contributed by atoms with E-state index in [4.69, 9.17) is 9.47 Å². The number of hydrogen-bond acceptors (Lipinski definition) is 6. The lowest BCUT2D eigenvalue weighted by Gasteiger charge is -2.34. The van der Waals surface area contributed by atoms with Gasteiger partial charge in [-0.25, -0.2) is 18.2 Å². The van der Waals surface area contributed by atoms with Gasteiger partial charge in [-0.1, -0.05) is 24.3 Å². The van der Waals surface area contributed by atoms with Crippen LogP contribution in [0.3, 0.4) is 0 Å². The van der Waals surface area contributed by atoms with E-state index in [-0.39, 0.29) is 24.0 Å². The maximum Gasteiger partial charge on any atom is 0.317 e. The molecule has 0 atom stereocenters. The number of sulfonamides is 1. The van der Waals surface area contributed by atoms with Gasteiger partial charge in [-0.05, 0) is 55.8 Å². The molecule has 1 aliphatic heterocycles. The zero-order chi connectivity index (χ0) is 28.1. The van der Waals surface area contributed by atoms with E-state index in [1.54, 1.807) is 17.3 Å². The van der Waals surface area contributed by atoms with Gasteiger partial charge < -0.3 is 19.7 Å². The highest BCUT2D eigenvalue weighted by Crippen LogP contribution is 2.31. The maximum absolute atomic E-state index is 13.3. The fourth-order valence-corrected chi connectivity index (χ4v) is 6.14. The number of carbonyl (C=O) groups excluding carboxylic acids is 1. The molecule has 3 aromatic carbocycles. The molecule has 0 unspecified atom stereocenters. The number of nitrogens with zero attached hydrogens (tertiary/aromatic N) is 4. The van der Waals surface area contributed by atoms with Crippen LogP contribution in [0.25, 0.3) is 16.7 Å². The zero-order valence-corrected chi connectivity index (χ0v) is 23.4. The van der Waals surface area contributed by atoms with Gasteiger partial charge in [-0.3, -0.25) is 4.57 Å². The number of hydrogen-bond donors (Lipinski definition) is 1. The Morgan fingerprint density at radius 3 is 2.33 bits per heavy atom. The third kappa shape index (κ3) is 5.75. The van der Waals surface area contributed by atoms with Gasteiger partial charge in [0.25, 0.3) is 0 Å².